The lowest BCUT2D eigenvalue weighted by molar-refractivity contribution is 0.707. The van der Waals surface area contributed by atoms with E-state index in [1.54, 1.807) is 0 Å². The van der Waals surface area contributed by atoms with Crippen molar-refractivity contribution >= 4 is 11.8 Å². The van der Waals surface area contributed by atoms with Crippen LogP contribution in [-0.4, -0.2) is 22.6 Å². The summed E-state index contributed by atoms with van der Waals surface area (Å²) < 4.78 is 0. The Morgan fingerprint density at radius 3 is 2.71 bits per heavy atom. The van der Waals surface area contributed by atoms with E-state index in [1.165, 1.54) is 25.7 Å². The van der Waals surface area contributed by atoms with Crippen LogP contribution in [0.15, 0.2) is 6.07 Å². The van der Waals surface area contributed by atoms with Crippen molar-refractivity contribution in [2.45, 2.75) is 38.6 Å². The lowest BCUT2D eigenvalue weighted by Crippen LogP contribution is -2.29. The molecule has 0 spiro atoms. The molecular formula is C12H19N5. The molecule has 3 rings (SSSR count). The highest BCUT2D eigenvalue weighted by molar-refractivity contribution is 5.46. The Balaban J connectivity index is 1.85. The molecule has 0 atom stereocenters. The Hall–Kier alpha value is -1.36. The van der Waals surface area contributed by atoms with Crippen LogP contribution in [0.2, 0.25) is 0 Å². The van der Waals surface area contributed by atoms with Crippen LogP contribution in [0.4, 0.5) is 11.8 Å². The number of nitrogens with one attached hydrogen (secondary N) is 1. The Labute approximate surface area is 101 Å². The van der Waals surface area contributed by atoms with E-state index in [2.05, 4.69) is 26.4 Å². The summed E-state index contributed by atoms with van der Waals surface area (Å²) >= 11 is 0. The van der Waals surface area contributed by atoms with Crippen LogP contribution in [0.1, 0.15) is 31.4 Å². The smallest absolute Gasteiger partial charge is 0.239 e. The van der Waals surface area contributed by atoms with Gasteiger partial charge in [0, 0.05) is 24.3 Å². The summed E-state index contributed by atoms with van der Waals surface area (Å²) in [5.74, 6) is 7.82. The van der Waals surface area contributed by atoms with E-state index in [9.17, 15) is 0 Å². The zero-order chi connectivity index (χ0) is 11.8. The van der Waals surface area contributed by atoms with Crippen molar-refractivity contribution in [3.05, 3.63) is 11.8 Å². The second-order valence-electron chi connectivity index (χ2n) is 5.16. The number of nitrogen functional groups attached to an aromatic ring is 1. The molecule has 0 aromatic carbocycles. The van der Waals surface area contributed by atoms with Gasteiger partial charge in [0.05, 0.1) is 0 Å². The highest BCUT2D eigenvalue weighted by atomic mass is 15.3. The molecule has 0 saturated heterocycles. The highest BCUT2D eigenvalue weighted by Crippen LogP contribution is 2.37. The predicted molar refractivity (Wildman–Crippen MR) is 67.7 cm³/mol. The molecule has 0 radical (unpaired) electrons. The van der Waals surface area contributed by atoms with Gasteiger partial charge in [-0.05, 0) is 38.5 Å². The first-order valence-corrected chi connectivity index (χ1v) is 6.35. The van der Waals surface area contributed by atoms with Crippen LogP contribution in [0.5, 0.6) is 0 Å². The SMILES string of the molecule is Cc1cc(N(CC2CC2)C2CC2)nc(NN)n1. The zero-order valence-electron chi connectivity index (χ0n) is 10.2. The van der Waals surface area contributed by atoms with E-state index in [0.29, 0.717) is 12.0 Å². The van der Waals surface area contributed by atoms with Gasteiger partial charge in [-0.3, -0.25) is 5.43 Å². The number of aryl methyl sites for hydroxylation is 1. The van der Waals surface area contributed by atoms with Gasteiger partial charge in [-0.2, -0.15) is 4.98 Å². The molecule has 2 saturated carbocycles. The van der Waals surface area contributed by atoms with Gasteiger partial charge in [0.2, 0.25) is 5.95 Å². The minimum absolute atomic E-state index is 0.515. The number of aromatic nitrogens is 2. The number of anilines is 2. The van der Waals surface area contributed by atoms with E-state index in [0.717, 1.165) is 24.0 Å². The Bertz CT molecular complexity index is 411. The second kappa shape index (κ2) is 4.14. The Morgan fingerprint density at radius 1 is 1.35 bits per heavy atom. The molecule has 1 heterocycles. The van der Waals surface area contributed by atoms with Gasteiger partial charge in [0.1, 0.15) is 5.82 Å². The van der Waals surface area contributed by atoms with Gasteiger partial charge in [-0.25, -0.2) is 10.8 Å². The summed E-state index contributed by atoms with van der Waals surface area (Å²) in [6.45, 7) is 3.12. The first-order valence-electron chi connectivity index (χ1n) is 6.35. The molecule has 92 valence electrons. The molecule has 2 aliphatic rings. The number of hydrogen-bond donors (Lipinski definition) is 2. The number of hydrazine groups is 1. The van der Waals surface area contributed by atoms with Crippen LogP contribution in [0.3, 0.4) is 0 Å². The lowest BCUT2D eigenvalue weighted by Gasteiger charge is -2.24. The van der Waals surface area contributed by atoms with Crippen LogP contribution < -0.4 is 16.2 Å². The standard InChI is InChI=1S/C12H19N5/c1-8-6-11(15-12(14-8)16-13)17(10-4-5-10)7-9-2-3-9/h6,9-10H,2-5,7,13H2,1H3,(H,14,15,16). The van der Waals surface area contributed by atoms with Crippen molar-refractivity contribution in [2.24, 2.45) is 11.8 Å². The monoisotopic (exact) mass is 233 g/mol. The normalized spacial score (nSPS) is 19.2. The van der Waals surface area contributed by atoms with Gasteiger partial charge < -0.3 is 4.90 Å². The molecule has 1 aromatic heterocycles. The average Bonchev–Trinajstić information content (AvgIpc) is 3.16. The quantitative estimate of drug-likeness (QED) is 0.595. The first-order chi connectivity index (χ1) is 8.26. The molecule has 2 aliphatic carbocycles. The summed E-state index contributed by atoms with van der Waals surface area (Å²) in [4.78, 5) is 11.1. The molecular weight excluding hydrogens is 214 g/mol. The van der Waals surface area contributed by atoms with Crippen molar-refractivity contribution < 1.29 is 0 Å². The first kappa shape index (κ1) is 10.8. The summed E-state index contributed by atoms with van der Waals surface area (Å²) in [5, 5.41) is 0. The molecule has 0 bridgehead atoms. The average molecular weight is 233 g/mol. The third-order valence-electron chi connectivity index (χ3n) is 3.40. The largest absolute Gasteiger partial charge is 0.353 e. The van der Waals surface area contributed by atoms with E-state index < -0.39 is 0 Å². The van der Waals surface area contributed by atoms with E-state index >= 15 is 0 Å². The molecule has 5 nitrogen and oxygen atoms in total. The van der Waals surface area contributed by atoms with Gasteiger partial charge in [0.15, 0.2) is 0 Å². The van der Waals surface area contributed by atoms with Crippen LogP contribution in [0.25, 0.3) is 0 Å². The lowest BCUT2D eigenvalue weighted by atomic mass is 10.3. The molecule has 5 heteroatoms. The van der Waals surface area contributed by atoms with Gasteiger partial charge in [-0.15, -0.1) is 0 Å². The molecule has 0 aliphatic heterocycles. The molecule has 0 unspecified atom stereocenters. The summed E-state index contributed by atoms with van der Waals surface area (Å²) in [5.41, 5.74) is 3.50. The van der Waals surface area contributed by atoms with Gasteiger partial charge >= 0.3 is 0 Å². The highest BCUT2D eigenvalue weighted by Gasteiger charge is 2.34. The van der Waals surface area contributed by atoms with Crippen LogP contribution >= 0.6 is 0 Å². The number of nitrogens with two attached hydrogens (primary N) is 1. The number of nitrogens with zero attached hydrogens (tertiary/aromatic N) is 3. The third-order valence-corrected chi connectivity index (χ3v) is 3.40. The van der Waals surface area contributed by atoms with E-state index in [-0.39, 0.29) is 0 Å². The molecule has 3 N–H and O–H groups in total. The van der Waals surface area contributed by atoms with Crippen molar-refractivity contribution in [3.63, 3.8) is 0 Å². The maximum Gasteiger partial charge on any atom is 0.239 e. The second-order valence-corrected chi connectivity index (χ2v) is 5.16. The molecule has 1 aromatic rings. The topological polar surface area (TPSA) is 67.1 Å². The van der Waals surface area contributed by atoms with Crippen LogP contribution in [-0.2, 0) is 0 Å². The minimum Gasteiger partial charge on any atom is -0.353 e. The number of hydrogen-bond acceptors (Lipinski definition) is 5. The van der Waals surface area contributed by atoms with Gasteiger partial charge in [-0.1, -0.05) is 0 Å². The zero-order valence-corrected chi connectivity index (χ0v) is 10.2. The van der Waals surface area contributed by atoms with Crippen molar-refractivity contribution in [1.82, 2.24) is 9.97 Å². The van der Waals surface area contributed by atoms with Crippen LogP contribution in [0, 0.1) is 12.8 Å². The van der Waals surface area contributed by atoms with Crippen molar-refractivity contribution in [3.8, 4) is 0 Å². The fourth-order valence-corrected chi connectivity index (χ4v) is 2.16. The Kier molecular flexibility index (Phi) is 2.63. The maximum atomic E-state index is 5.40. The minimum atomic E-state index is 0.515. The van der Waals surface area contributed by atoms with Crippen molar-refractivity contribution in [2.75, 3.05) is 16.9 Å². The molecule has 2 fully saturated rings. The summed E-state index contributed by atoms with van der Waals surface area (Å²) in [6.07, 6.45) is 5.33. The fraction of sp³-hybridized carbons (Fsp3) is 0.667. The van der Waals surface area contributed by atoms with Crippen molar-refractivity contribution in [1.29, 1.82) is 0 Å². The molecule has 17 heavy (non-hydrogen) atoms. The summed E-state index contributed by atoms with van der Waals surface area (Å²) in [6, 6.07) is 2.75. The third kappa shape index (κ3) is 2.49. The maximum absolute atomic E-state index is 5.40. The summed E-state index contributed by atoms with van der Waals surface area (Å²) in [7, 11) is 0. The van der Waals surface area contributed by atoms with E-state index in [4.69, 9.17) is 5.84 Å². The number of rotatable bonds is 5. The van der Waals surface area contributed by atoms with E-state index in [1.807, 2.05) is 6.92 Å². The molecule has 0 amide bonds. The fourth-order valence-electron chi connectivity index (χ4n) is 2.16. The predicted octanol–water partition coefficient (Wildman–Crippen LogP) is 1.45. The Morgan fingerprint density at radius 2 is 2.12 bits per heavy atom. The van der Waals surface area contributed by atoms with Gasteiger partial charge in [0.25, 0.3) is 0 Å².